The summed E-state index contributed by atoms with van der Waals surface area (Å²) in [5.74, 6) is -0.263. The second-order valence-corrected chi connectivity index (χ2v) is 7.04. The van der Waals surface area contributed by atoms with Gasteiger partial charge in [0.05, 0.1) is 0 Å². The van der Waals surface area contributed by atoms with Gasteiger partial charge in [-0.1, -0.05) is 41.9 Å². The Morgan fingerprint density at radius 2 is 1.73 bits per heavy atom. The number of nitrogens with zero attached hydrogens (tertiary/aromatic N) is 1. The van der Waals surface area contributed by atoms with Crippen LogP contribution in [0.2, 0.25) is 5.02 Å². The SMILES string of the molecule is CCN(C(=O)C1(C(=O)NCCc2ccc(Cl)cc2)CC1)c1ccccc1. The number of hydrogen-bond donors (Lipinski definition) is 1. The van der Waals surface area contributed by atoms with E-state index in [1.165, 1.54) is 0 Å². The smallest absolute Gasteiger partial charge is 0.242 e. The van der Waals surface area contributed by atoms with Crippen LogP contribution in [0.5, 0.6) is 0 Å². The molecular weight excluding hydrogens is 348 g/mol. The van der Waals surface area contributed by atoms with Crippen molar-refractivity contribution in [1.29, 1.82) is 0 Å². The molecule has 0 atom stereocenters. The summed E-state index contributed by atoms with van der Waals surface area (Å²) in [5, 5.41) is 3.64. The largest absolute Gasteiger partial charge is 0.355 e. The number of carbonyl (C=O) groups excluding carboxylic acids is 2. The molecule has 136 valence electrons. The maximum atomic E-state index is 13.0. The zero-order valence-corrected chi connectivity index (χ0v) is 15.6. The number of rotatable bonds is 7. The highest BCUT2D eigenvalue weighted by Crippen LogP contribution is 2.48. The average Bonchev–Trinajstić information content (AvgIpc) is 3.47. The monoisotopic (exact) mass is 370 g/mol. The van der Waals surface area contributed by atoms with Gasteiger partial charge in [-0.3, -0.25) is 9.59 Å². The van der Waals surface area contributed by atoms with Gasteiger partial charge in [0.1, 0.15) is 5.41 Å². The van der Waals surface area contributed by atoms with Crippen LogP contribution in [0.15, 0.2) is 54.6 Å². The number of hydrogen-bond acceptors (Lipinski definition) is 2. The molecular formula is C21H23ClN2O2. The van der Waals surface area contributed by atoms with Crippen LogP contribution in [0.3, 0.4) is 0 Å². The van der Waals surface area contributed by atoms with E-state index in [1.54, 1.807) is 4.90 Å². The van der Waals surface area contributed by atoms with Crippen LogP contribution in [0.4, 0.5) is 5.69 Å². The van der Waals surface area contributed by atoms with Crippen molar-refractivity contribution in [3.63, 3.8) is 0 Å². The van der Waals surface area contributed by atoms with Gasteiger partial charge < -0.3 is 10.2 Å². The summed E-state index contributed by atoms with van der Waals surface area (Å²) < 4.78 is 0. The first kappa shape index (κ1) is 18.5. The fraction of sp³-hybridized carbons (Fsp3) is 0.333. The molecule has 2 aromatic carbocycles. The summed E-state index contributed by atoms with van der Waals surface area (Å²) in [4.78, 5) is 27.4. The predicted molar refractivity (Wildman–Crippen MR) is 104 cm³/mol. The first-order chi connectivity index (χ1) is 12.6. The topological polar surface area (TPSA) is 49.4 Å². The van der Waals surface area contributed by atoms with E-state index < -0.39 is 5.41 Å². The molecule has 0 bridgehead atoms. The van der Waals surface area contributed by atoms with E-state index >= 15 is 0 Å². The quantitative estimate of drug-likeness (QED) is 0.753. The number of nitrogens with one attached hydrogen (secondary N) is 1. The molecule has 0 spiro atoms. The van der Waals surface area contributed by atoms with Crippen molar-refractivity contribution < 1.29 is 9.59 Å². The highest BCUT2D eigenvalue weighted by atomic mass is 35.5. The van der Waals surface area contributed by atoms with Crippen molar-refractivity contribution in [3.8, 4) is 0 Å². The molecule has 26 heavy (non-hydrogen) atoms. The normalized spacial score (nSPS) is 14.5. The molecule has 1 N–H and O–H groups in total. The van der Waals surface area contributed by atoms with E-state index in [-0.39, 0.29) is 11.8 Å². The van der Waals surface area contributed by atoms with Crippen LogP contribution in [0.1, 0.15) is 25.3 Å². The number of amides is 2. The van der Waals surface area contributed by atoms with Crippen LogP contribution >= 0.6 is 11.6 Å². The zero-order valence-electron chi connectivity index (χ0n) is 14.9. The van der Waals surface area contributed by atoms with Gasteiger partial charge in [-0.25, -0.2) is 0 Å². The van der Waals surface area contributed by atoms with Gasteiger partial charge in [-0.05, 0) is 56.0 Å². The van der Waals surface area contributed by atoms with Gasteiger partial charge in [0.25, 0.3) is 0 Å². The Balaban J connectivity index is 1.61. The van der Waals surface area contributed by atoms with E-state index in [1.807, 2.05) is 61.5 Å². The number of carbonyl (C=O) groups is 2. The van der Waals surface area contributed by atoms with Crippen LogP contribution < -0.4 is 10.2 Å². The van der Waals surface area contributed by atoms with Crippen molar-refractivity contribution >= 4 is 29.1 Å². The number of benzene rings is 2. The van der Waals surface area contributed by atoms with Crippen molar-refractivity contribution in [2.75, 3.05) is 18.0 Å². The van der Waals surface area contributed by atoms with Crippen LogP contribution in [0.25, 0.3) is 0 Å². The summed E-state index contributed by atoms with van der Waals surface area (Å²) in [7, 11) is 0. The molecule has 1 aliphatic carbocycles. The highest BCUT2D eigenvalue weighted by Gasteiger charge is 2.57. The van der Waals surface area contributed by atoms with E-state index in [2.05, 4.69) is 5.32 Å². The molecule has 0 heterocycles. The lowest BCUT2D eigenvalue weighted by Crippen LogP contribution is -2.45. The van der Waals surface area contributed by atoms with Gasteiger partial charge in [0, 0.05) is 23.8 Å². The first-order valence-corrected chi connectivity index (χ1v) is 9.34. The molecule has 2 amide bonds. The van der Waals surface area contributed by atoms with Gasteiger partial charge in [0.2, 0.25) is 11.8 Å². The minimum Gasteiger partial charge on any atom is -0.355 e. The molecule has 0 saturated heterocycles. The Morgan fingerprint density at radius 3 is 2.31 bits per heavy atom. The Labute approximate surface area is 159 Å². The van der Waals surface area contributed by atoms with Crippen molar-refractivity contribution in [3.05, 3.63) is 65.2 Å². The van der Waals surface area contributed by atoms with E-state index in [4.69, 9.17) is 11.6 Å². The molecule has 1 aliphatic rings. The Morgan fingerprint density at radius 1 is 1.08 bits per heavy atom. The third-order valence-electron chi connectivity index (χ3n) is 4.84. The number of anilines is 1. The molecule has 3 rings (SSSR count). The summed E-state index contributed by atoms with van der Waals surface area (Å²) in [6.07, 6.45) is 1.94. The third-order valence-corrected chi connectivity index (χ3v) is 5.09. The molecule has 4 nitrogen and oxygen atoms in total. The molecule has 5 heteroatoms. The summed E-state index contributed by atoms with van der Waals surface area (Å²) in [6, 6.07) is 17.1. The van der Waals surface area contributed by atoms with Crippen LogP contribution in [0, 0.1) is 5.41 Å². The zero-order chi connectivity index (χ0) is 18.6. The molecule has 0 radical (unpaired) electrons. The lowest BCUT2D eigenvalue weighted by atomic mass is 10.0. The van der Waals surface area contributed by atoms with Gasteiger partial charge in [0.15, 0.2) is 0 Å². The first-order valence-electron chi connectivity index (χ1n) is 8.96. The van der Waals surface area contributed by atoms with Crippen molar-refractivity contribution in [2.45, 2.75) is 26.2 Å². The minimum atomic E-state index is -0.897. The van der Waals surface area contributed by atoms with Crippen molar-refractivity contribution in [1.82, 2.24) is 5.32 Å². The second kappa shape index (κ2) is 7.92. The van der Waals surface area contributed by atoms with E-state index in [0.717, 1.165) is 11.3 Å². The second-order valence-electron chi connectivity index (χ2n) is 6.60. The maximum absolute atomic E-state index is 13.0. The Hall–Kier alpha value is -2.33. The maximum Gasteiger partial charge on any atom is 0.242 e. The average molecular weight is 371 g/mol. The van der Waals surface area contributed by atoms with E-state index in [9.17, 15) is 9.59 Å². The van der Waals surface area contributed by atoms with Gasteiger partial charge >= 0.3 is 0 Å². The minimum absolute atomic E-state index is 0.102. The molecule has 1 fully saturated rings. The Bertz CT molecular complexity index is 770. The van der Waals surface area contributed by atoms with Gasteiger partial charge in [-0.2, -0.15) is 0 Å². The lowest BCUT2D eigenvalue weighted by molar-refractivity contribution is -0.135. The van der Waals surface area contributed by atoms with Crippen molar-refractivity contribution in [2.24, 2.45) is 5.41 Å². The number of para-hydroxylation sites is 1. The molecule has 0 aliphatic heterocycles. The molecule has 0 unspecified atom stereocenters. The highest BCUT2D eigenvalue weighted by molar-refractivity contribution is 6.30. The molecule has 0 aromatic heterocycles. The lowest BCUT2D eigenvalue weighted by Gasteiger charge is -2.26. The Kier molecular flexibility index (Phi) is 5.62. The number of halogens is 1. The summed E-state index contributed by atoms with van der Waals surface area (Å²) in [5.41, 5.74) is 1.04. The summed E-state index contributed by atoms with van der Waals surface area (Å²) in [6.45, 7) is 2.98. The van der Waals surface area contributed by atoms with Crippen LogP contribution in [-0.4, -0.2) is 24.9 Å². The third kappa shape index (κ3) is 3.91. The molecule has 1 saturated carbocycles. The summed E-state index contributed by atoms with van der Waals surface area (Å²) >= 11 is 5.88. The van der Waals surface area contributed by atoms with E-state index in [0.29, 0.717) is 37.4 Å². The van der Waals surface area contributed by atoms with Crippen LogP contribution in [-0.2, 0) is 16.0 Å². The fourth-order valence-electron chi connectivity index (χ4n) is 3.11. The van der Waals surface area contributed by atoms with Gasteiger partial charge in [-0.15, -0.1) is 0 Å². The fourth-order valence-corrected chi connectivity index (χ4v) is 3.24. The standard InChI is InChI=1S/C21H23ClN2O2/c1-2-24(18-6-4-3-5-7-18)20(26)21(13-14-21)19(25)23-15-12-16-8-10-17(22)11-9-16/h3-11H,2,12-15H2,1H3,(H,23,25). The molecule has 2 aromatic rings. The predicted octanol–water partition coefficient (Wildman–Crippen LogP) is 3.83.